The first-order valence-electron chi connectivity index (χ1n) is 11.2. The number of allylic oxidation sites excluding steroid dienone is 1. The minimum atomic E-state index is -1.02. The second kappa shape index (κ2) is 10.6. The van der Waals surface area contributed by atoms with Gasteiger partial charge in [-0.3, -0.25) is 9.36 Å². The van der Waals surface area contributed by atoms with Crippen molar-refractivity contribution < 1.29 is 24.2 Å². The lowest BCUT2D eigenvalue weighted by Crippen LogP contribution is -2.39. The molecule has 1 aliphatic heterocycles. The van der Waals surface area contributed by atoms with Crippen LogP contribution in [-0.4, -0.2) is 34.8 Å². The molecule has 2 heterocycles. The molecule has 0 saturated heterocycles. The fraction of sp³-hybridized carbons (Fsp3) is 0.185. The van der Waals surface area contributed by atoms with E-state index in [1.54, 1.807) is 50.3 Å². The smallest absolute Gasteiger partial charge is 0.338 e. The molecule has 0 aliphatic carbocycles. The van der Waals surface area contributed by atoms with Crippen LogP contribution in [0.1, 0.15) is 41.4 Å². The number of aromatic carboxylic acids is 1. The van der Waals surface area contributed by atoms with E-state index in [0.717, 1.165) is 0 Å². The standard InChI is InChI=1S/C27H24N2O6S/c1-4-14-35-20-12-10-18(11-13-20)23-22(26(33)34-5-2)16(3)28-27-29(23)24(30)21(36-27)15-17-6-8-19(9-7-17)25(31)32/h4,6-13,15,23H,1,5,14H2,2-3H3,(H,31,32)/t23-/m1/s1. The molecule has 2 aromatic carbocycles. The van der Waals surface area contributed by atoms with Gasteiger partial charge in [-0.25, -0.2) is 14.6 Å². The number of thiazole rings is 1. The molecule has 9 heteroatoms. The third kappa shape index (κ3) is 4.92. The van der Waals surface area contributed by atoms with Crippen molar-refractivity contribution in [3.63, 3.8) is 0 Å². The molecular weight excluding hydrogens is 480 g/mol. The molecule has 36 heavy (non-hydrogen) atoms. The number of esters is 1. The lowest BCUT2D eigenvalue weighted by Gasteiger charge is -2.24. The summed E-state index contributed by atoms with van der Waals surface area (Å²) >= 11 is 1.20. The zero-order chi connectivity index (χ0) is 25.8. The van der Waals surface area contributed by atoms with Crippen molar-refractivity contribution in [3.05, 3.63) is 109 Å². The molecule has 184 valence electrons. The van der Waals surface area contributed by atoms with Crippen LogP contribution in [-0.2, 0) is 9.53 Å². The Labute approximate surface area is 210 Å². The Hall–Kier alpha value is -4.24. The van der Waals surface area contributed by atoms with Gasteiger partial charge < -0.3 is 14.6 Å². The van der Waals surface area contributed by atoms with E-state index in [0.29, 0.717) is 44.1 Å². The highest BCUT2D eigenvalue weighted by Gasteiger charge is 2.33. The monoisotopic (exact) mass is 504 g/mol. The van der Waals surface area contributed by atoms with Gasteiger partial charge in [0, 0.05) is 0 Å². The first kappa shape index (κ1) is 24.9. The van der Waals surface area contributed by atoms with Crippen molar-refractivity contribution in [1.82, 2.24) is 4.57 Å². The zero-order valence-electron chi connectivity index (χ0n) is 19.8. The molecule has 0 radical (unpaired) electrons. The maximum absolute atomic E-state index is 13.6. The Bertz CT molecular complexity index is 1530. The van der Waals surface area contributed by atoms with Crippen LogP contribution >= 0.6 is 11.3 Å². The minimum Gasteiger partial charge on any atom is -0.490 e. The fourth-order valence-electron chi connectivity index (χ4n) is 3.88. The molecular formula is C27H24N2O6S. The van der Waals surface area contributed by atoms with E-state index in [2.05, 4.69) is 11.6 Å². The summed E-state index contributed by atoms with van der Waals surface area (Å²) in [6.45, 7) is 7.63. The molecule has 4 rings (SSSR count). The number of carbonyl (C=O) groups excluding carboxylic acids is 1. The average molecular weight is 505 g/mol. The van der Waals surface area contributed by atoms with Crippen molar-refractivity contribution in [2.24, 2.45) is 4.99 Å². The Kier molecular flexibility index (Phi) is 7.30. The van der Waals surface area contributed by atoms with Crippen LogP contribution in [0, 0.1) is 0 Å². The topological polar surface area (TPSA) is 107 Å². The predicted octanol–water partition coefficient (Wildman–Crippen LogP) is 3.06. The van der Waals surface area contributed by atoms with Gasteiger partial charge in [0.2, 0.25) is 0 Å². The van der Waals surface area contributed by atoms with Gasteiger partial charge in [0.15, 0.2) is 4.80 Å². The van der Waals surface area contributed by atoms with Crippen LogP contribution in [0.5, 0.6) is 5.75 Å². The summed E-state index contributed by atoms with van der Waals surface area (Å²) < 4.78 is 12.8. The molecule has 0 amide bonds. The second-order valence-corrected chi connectivity index (χ2v) is 8.91. The molecule has 0 fully saturated rings. The van der Waals surface area contributed by atoms with E-state index in [-0.39, 0.29) is 17.7 Å². The molecule has 1 atom stereocenters. The number of benzene rings is 2. The van der Waals surface area contributed by atoms with E-state index < -0.39 is 18.0 Å². The zero-order valence-corrected chi connectivity index (χ0v) is 20.6. The van der Waals surface area contributed by atoms with Crippen LogP contribution in [0.15, 0.2) is 82.2 Å². The largest absolute Gasteiger partial charge is 0.490 e. The number of carboxylic acid groups (broad SMARTS) is 1. The van der Waals surface area contributed by atoms with Gasteiger partial charge in [0.25, 0.3) is 5.56 Å². The Morgan fingerprint density at radius 3 is 2.47 bits per heavy atom. The number of fused-ring (bicyclic) bond motifs is 1. The van der Waals surface area contributed by atoms with Gasteiger partial charge in [-0.05, 0) is 55.3 Å². The molecule has 0 unspecified atom stereocenters. The van der Waals surface area contributed by atoms with Crippen LogP contribution < -0.4 is 19.6 Å². The number of hydrogen-bond acceptors (Lipinski definition) is 7. The maximum atomic E-state index is 13.6. The number of carboxylic acids is 1. The highest BCUT2D eigenvalue weighted by Crippen LogP contribution is 2.31. The number of carbonyl (C=O) groups is 2. The van der Waals surface area contributed by atoms with E-state index >= 15 is 0 Å². The first-order valence-corrected chi connectivity index (χ1v) is 12.0. The molecule has 8 nitrogen and oxygen atoms in total. The first-order chi connectivity index (χ1) is 17.3. The third-order valence-corrected chi connectivity index (χ3v) is 6.52. The molecule has 0 saturated carbocycles. The number of aromatic nitrogens is 1. The summed E-state index contributed by atoms with van der Waals surface area (Å²) in [4.78, 5) is 42.7. The summed E-state index contributed by atoms with van der Waals surface area (Å²) in [5, 5.41) is 9.12. The number of hydrogen-bond donors (Lipinski definition) is 1. The van der Waals surface area contributed by atoms with E-state index in [4.69, 9.17) is 14.6 Å². The predicted molar refractivity (Wildman–Crippen MR) is 136 cm³/mol. The van der Waals surface area contributed by atoms with Crippen LogP contribution in [0.3, 0.4) is 0 Å². The van der Waals surface area contributed by atoms with Gasteiger partial charge in [-0.2, -0.15) is 0 Å². The summed E-state index contributed by atoms with van der Waals surface area (Å²) in [6.07, 6.45) is 3.33. The normalized spacial score (nSPS) is 15.2. The van der Waals surface area contributed by atoms with Crippen molar-refractivity contribution in [2.75, 3.05) is 13.2 Å². The van der Waals surface area contributed by atoms with Crippen molar-refractivity contribution in [3.8, 4) is 5.75 Å². The number of rotatable bonds is 8. The van der Waals surface area contributed by atoms with Crippen LogP contribution in [0.2, 0.25) is 0 Å². The van der Waals surface area contributed by atoms with Gasteiger partial charge >= 0.3 is 11.9 Å². The van der Waals surface area contributed by atoms with Gasteiger partial charge in [0.1, 0.15) is 12.4 Å². The minimum absolute atomic E-state index is 0.156. The maximum Gasteiger partial charge on any atom is 0.338 e. The summed E-state index contributed by atoms with van der Waals surface area (Å²) in [7, 11) is 0. The van der Waals surface area contributed by atoms with Crippen molar-refractivity contribution in [2.45, 2.75) is 19.9 Å². The fourth-order valence-corrected chi connectivity index (χ4v) is 4.93. The van der Waals surface area contributed by atoms with Crippen molar-refractivity contribution in [1.29, 1.82) is 0 Å². The molecule has 0 spiro atoms. The summed E-state index contributed by atoms with van der Waals surface area (Å²) in [5.74, 6) is -0.924. The Morgan fingerprint density at radius 1 is 1.17 bits per heavy atom. The molecule has 1 aromatic heterocycles. The quantitative estimate of drug-likeness (QED) is 0.373. The summed E-state index contributed by atoms with van der Waals surface area (Å²) in [5.41, 5.74) is 1.99. The highest BCUT2D eigenvalue weighted by atomic mass is 32.1. The lowest BCUT2D eigenvalue weighted by molar-refractivity contribution is -0.139. The lowest BCUT2D eigenvalue weighted by atomic mass is 9.96. The van der Waals surface area contributed by atoms with Gasteiger partial charge in [0.05, 0.1) is 34.0 Å². The van der Waals surface area contributed by atoms with E-state index in [9.17, 15) is 14.4 Å². The number of ether oxygens (including phenoxy) is 2. The molecule has 1 N–H and O–H groups in total. The van der Waals surface area contributed by atoms with E-state index in [1.807, 2.05) is 12.1 Å². The van der Waals surface area contributed by atoms with Crippen LogP contribution in [0.4, 0.5) is 0 Å². The average Bonchev–Trinajstić information content (AvgIpc) is 3.16. The SMILES string of the molecule is C=CCOc1ccc([C@@H]2C(C(=O)OCC)=C(C)N=c3sc(=Cc4ccc(C(=O)O)cc4)c(=O)n32)cc1. The Balaban J connectivity index is 1.85. The second-order valence-electron chi connectivity index (χ2n) is 7.90. The third-order valence-electron chi connectivity index (χ3n) is 5.54. The Morgan fingerprint density at radius 2 is 1.86 bits per heavy atom. The van der Waals surface area contributed by atoms with E-state index in [1.165, 1.54) is 28.0 Å². The molecule has 1 aliphatic rings. The van der Waals surface area contributed by atoms with Crippen molar-refractivity contribution >= 4 is 29.4 Å². The van der Waals surface area contributed by atoms with Gasteiger partial charge in [-0.15, -0.1) is 0 Å². The molecule has 0 bridgehead atoms. The van der Waals surface area contributed by atoms with Crippen LogP contribution in [0.25, 0.3) is 6.08 Å². The highest BCUT2D eigenvalue weighted by molar-refractivity contribution is 7.07. The molecule has 3 aromatic rings. The summed E-state index contributed by atoms with van der Waals surface area (Å²) in [6, 6.07) is 12.7. The number of nitrogens with zero attached hydrogens (tertiary/aromatic N) is 2. The van der Waals surface area contributed by atoms with Gasteiger partial charge in [-0.1, -0.05) is 48.3 Å².